The molecule has 2 nitrogen and oxygen atoms in total. The Morgan fingerprint density at radius 1 is 1.33 bits per heavy atom. The van der Waals surface area contributed by atoms with Crippen molar-refractivity contribution in [3.63, 3.8) is 0 Å². The van der Waals surface area contributed by atoms with Crippen LogP contribution in [0.4, 0.5) is 0 Å². The van der Waals surface area contributed by atoms with Crippen LogP contribution in [0.25, 0.3) is 0 Å². The second-order valence-electron chi connectivity index (χ2n) is 7.48. The number of nitrogens with one attached hydrogen (secondary N) is 1. The first-order valence-electron chi connectivity index (χ1n) is 8.07. The standard InChI is InChI=1S/C17H22BrNOS/c18-17-9-12-6-13(10-17)8-16(7-12,11-17)15(20)19-4-3-14-2-1-5-21-14/h1-2,5,12-13H,3-4,6-11H2,(H,19,20)/t12-,13-,16?,17?/m0/s1. The van der Waals surface area contributed by atoms with Gasteiger partial charge < -0.3 is 5.32 Å². The van der Waals surface area contributed by atoms with Gasteiger partial charge in [0, 0.05) is 15.7 Å². The highest BCUT2D eigenvalue weighted by Gasteiger charge is 2.59. The molecule has 4 aliphatic rings. The van der Waals surface area contributed by atoms with E-state index < -0.39 is 0 Å². The number of carbonyl (C=O) groups is 1. The summed E-state index contributed by atoms with van der Waals surface area (Å²) < 4.78 is 0.266. The summed E-state index contributed by atoms with van der Waals surface area (Å²) in [6, 6.07) is 4.23. The van der Waals surface area contributed by atoms with Crippen LogP contribution in [0.3, 0.4) is 0 Å². The van der Waals surface area contributed by atoms with Crippen LogP contribution in [0.15, 0.2) is 17.5 Å². The van der Waals surface area contributed by atoms with Gasteiger partial charge in [-0.05, 0) is 68.2 Å². The quantitative estimate of drug-likeness (QED) is 0.796. The van der Waals surface area contributed by atoms with Gasteiger partial charge >= 0.3 is 0 Å². The summed E-state index contributed by atoms with van der Waals surface area (Å²) in [5.74, 6) is 1.87. The predicted molar refractivity (Wildman–Crippen MR) is 89.8 cm³/mol. The zero-order valence-electron chi connectivity index (χ0n) is 12.2. The van der Waals surface area contributed by atoms with Crippen molar-refractivity contribution < 1.29 is 4.79 Å². The minimum absolute atomic E-state index is 0.0664. The van der Waals surface area contributed by atoms with Crippen LogP contribution in [0.1, 0.15) is 43.4 Å². The van der Waals surface area contributed by atoms with E-state index >= 15 is 0 Å². The van der Waals surface area contributed by atoms with Gasteiger partial charge in [0.05, 0.1) is 5.41 Å². The van der Waals surface area contributed by atoms with Crippen LogP contribution in [-0.2, 0) is 11.2 Å². The van der Waals surface area contributed by atoms with Crippen molar-refractivity contribution in [1.82, 2.24) is 5.32 Å². The summed E-state index contributed by atoms with van der Waals surface area (Å²) in [4.78, 5) is 14.2. The number of rotatable bonds is 4. The van der Waals surface area contributed by atoms with Crippen LogP contribution in [0, 0.1) is 17.3 Å². The minimum Gasteiger partial charge on any atom is -0.355 e. The lowest BCUT2D eigenvalue weighted by Gasteiger charge is -2.59. The number of amides is 1. The van der Waals surface area contributed by atoms with E-state index in [0.29, 0.717) is 5.91 Å². The lowest BCUT2D eigenvalue weighted by molar-refractivity contribution is -0.143. The van der Waals surface area contributed by atoms with Crippen LogP contribution in [0.2, 0.25) is 0 Å². The Hall–Kier alpha value is -0.350. The molecule has 21 heavy (non-hydrogen) atoms. The second-order valence-corrected chi connectivity index (χ2v) is 10.2. The lowest BCUT2D eigenvalue weighted by Crippen LogP contribution is -2.58. The highest BCUT2D eigenvalue weighted by Crippen LogP contribution is 2.64. The Bertz CT molecular complexity index is 527. The molecular weight excluding hydrogens is 346 g/mol. The molecule has 1 N–H and O–H groups in total. The third kappa shape index (κ3) is 2.59. The summed E-state index contributed by atoms with van der Waals surface area (Å²) in [7, 11) is 0. The molecule has 1 heterocycles. The molecule has 0 unspecified atom stereocenters. The molecule has 0 aromatic carbocycles. The van der Waals surface area contributed by atoms with Crippen LogP contribution >= 0.6 is 27.3 Å². The third-order valence-electron chi connectivity index (χ3n) is 5.71. The van der Waals surface area contributed by atoms with Gasteiger partial charge in [0.15, 0.2) is 0 Å². The van der Waals surface area contributed by atoms with Crippen LogP contribution in [-0.4, -0.2) is 16.8 Å². The smallest absolute Gasteiger partial charge is 0.226 e. The summed E-state index contributed by atoms with van der Waals surface area (Å²) in [5.41, 5.74) is -0.0664. The van der Waals surface area contributed by atoms with Gasteiger partial charge in [0.1, 0.15) is 0 Å². The fourth-order valence-electron chi connectivity index (χ4n) is 5.36. The molecule has 0 spiro atoms. The molecule has 0 aliphatic heterocycles. The zero-order valence-corrected chi connectivity index (χ0v) is 14.6. The molecule has 2 atom stereocenters. The average molecular weight is 368 g/mol. The monoisotopic (exact) mass is 367 g/mol. The van der Waals surface area contributed by atoms with Crippen molar-refractivity contribution in [1.29, 1.82) is 0 Å². The van der Waals surface area contributed by atoms with E-state index in [2.05, 4.69) is 38.8 Å². The van der Waals surface area contributed by atoms with Gasteiger partial charge in [0.25, 0.3) is 0 Å². The Morgan fingerprint density at radius 3 is 2.71 bits per heavy atom. The average Bonchev–Trinajstić information content (AvgIpc) is 2.88. The van der Waals surface area contributed by atoms with E-state index in [9.17, 15) is 4.79 Å². The number of halogens is 1. The molecule has 4 fully saturated rings. The van der Waals surface area contributed by atoms with Crippen molar-refractivity contribution in [3.05, 3.63) is 22.4 Å². The first-order chi connectivity index (χ1) is 10.1. The third-order valence-corrected chi connectivity index (χ3v) is 7.57. The van der Waals surface area contributed by atoms with Gasteiger partial charge in [-0.2, -0.15) is 0 Å². The molecule has 5 rings (SSSR count). The number of alkyl halides is 1. The fraction of sp³-hybridized carbons (Fsp3) is 0.706. The number of carbonyl (C=O) groups excluding carboxylic acids is 1. The zero-order chi connectivity index (χ0) is 14.5. The van der Waals surface area contributed by atoms with Crippen molar-refractivity contribution in [2.75, 3.05) is 6.54 Å². The SMILES string of the molecule is O=C(NCCc1cccs1)C12C[C@@H]3C[C@H](CC(Br)(C3)C1)C2. The van der Waals surface area contributed by atoms with E-state index in [4.69, 9.17) is 0 Å². The molecule has 4 bridgehead atoms. The Kier molecular flexibility index (Phi) is 3.45. The predicted octanol–water partition coefficient (Wildman–Crippen LogP) is 4.14. The Balaban J connectivity index is 1.42. The molecule has 4 heteroatoms. The van der Waals surface area contributed by atoms with Crippen molar-refractivity contribution in [3.8, 4) is 0 Å². The first-order valence-corrected chi connectivity index (χ1v) is 9.74. The van der Waals surface area contributed by atoms with Crippen LogP contribution in [0.5, 0.6) is 0 Å². The highest BCUT2D eigenvalue weighted by molar-refractivity contribution is 9.10. The maximum absolute atomic E-state index is 12.8. The summed E-state index contributed by atoms with van der Waals surface area (Å²) in [5, 5.41) is 5.34. The van der Waals surface area contributed by atoms with E-state index in [1.807, 2.05) is 0 Å². The van der Waals surface area contributed by atoms with Gasteiger partial charge in [-0.3, -0.25) is 4.79 Å². The largest absolute Gasteiger partial charge is 0.355 e. The number of hydrogen-bond donors (Lipinski definition) is 1. The molecule has 0 radical (unpaired) electrons. The van der Waals surface area contributed by atoms with Crippen molar-refractivity contribution in [2.24, 2.45) is 17.3 Å². The topological polar surface area (TPSA) is 29.1 Å². The molecule has 1 aromatic heterocycles. The molecule has 4 saturated carbocycles. The molecular formula is C17H22BrNOS. The van der Waals surface area contributed by atoms with Crippen molar-refractivity contribution in [2.45, 2.75) is 49.3 Å². The Labute approximate surface area is 138 Å². The van der Waals surface area contributed by atoms with E-state index in [0.717, 1.165) is 44.1 Å². The fourth-order valence-corrected chi connectivity index (χ4v) is 7.52. The first kappa shape index (κ1) is 14.3. The summed E-state index contributed by atoms with van der Waals surface area (Å²) in [6.07, 6.45) is 8.20. The molecule has 4 aliphatic carbocycles. The molecule has 1 aromatic rings. The van der Waals surface area contributed by atoms with Crippen LogP contribution < -0.4 is 5.32 Å². The highest BCUT2D eigenvalue weighted by atomic mass is 79.9. The molecule has 1 amide bonds. The summed E-state index contributed by atoms with van der Waals surface area (Å²) in [6.45, 7) is 0.783. The second kappa shape index (κ2) is 5.09. The molecule has 0 saturated heterocycles. The van der Waals surface area contributed by atoms with E-state index in [1.54, 1.807) is 11.3 Å². The van der Waals surface area contributed by atoms with Gasteiger partial charge in [-0.1, -0.05) is 22.0 Å². The normalized spacial score (nSPS) is 40.4. The summed E-state index contributed by atoms with van der Waals surface area (Å²) >= 11 is 5.76. The number of hydrogen-bond acceptors (Lipinski definition) is 2. The maximum Gasteiger partial charge on any atom is 0.226 e. The minimum atomic E-state index is -0.0664. The van der Waals surface area contributed by atoms with Gasteiger partial charge in [0.2, 0.25) is 5.91 Å². The van der Waals surface area contributed by atoms with Crippen molar-refractivity contribution >= 4 is 33.2 Å². The lowest BCUT2D eigenvalue weighted by atomic mass is 9.49. The van der Waals surface area contributed by atoms with E-state index in [1.165, 1.54) is 24.1 Å². The Morgan fingerprint density at radius 2 is 2.10 bits per heavy atom. The van der Waals surface area contributed by atoms with Gasteiger partial charge in [-0.25, -0.2) is 0 Å². The molecule has 114 valence electrons. The number of thiophene rings is 1. The maximum atomic E-state index is 12.8. The van der Waals surface area contributed by atoms with Gasteiger partial charge in [-0.15, -0.1) is 11.3 Å². The van der Waals surface area contributed by atoms with E-state index in [-0.39, 0.29) is 9.74 Å².